The first-order valence-corrected chi connectivity index (χ1v) is 10.7. The summed E-state index contributed by atoms with van der Waals surface area (Å²) in [6.45, 7) is 0.379. The van der Waals surface area contributed by atoms with Crippen molar-refractivity contribution in [1.29, 1.82) is 0 Å². The van der Waals surface area contributed by atoms with E-state index < -0.39 is 0 Å². The van der Waals surface area contributed by atoms with Crippen LogP contribution in [0.25, 0.3) is 27.5 Å². The Labute approximate surface area is 194 Å². The first-order chi connectivity index (χ1) is 16.0. The quantitative estimate of drug-likeness (QED) is 0.413. The third-order valence-electron chi connectivity index (χ3n) is 5.71. The van der Waals surface area contributed by atoms with Crippen LogP contribution in [0.5, 0.6) is 11.5 Å². The molecule has 8 heteroatoms. The summed E-state index contributed by atoms with van der Waals surface area (Å²) in [5.74, 6) is 1.58. The largest absolute Gasteiger partial charge is 0.497 e. The number of nitrogen functional groups attached to an aromatic ring is 1. The Kier molecular flexibility index (Phi) is 5.18. The maximum Gasteiger partial charge on any atom is 0.264 e. The van der Waals surface area contributed by atoms with Crippen molar-refractivity contribution < 1.29 is 9.47 Å². The average Bonchev–Trinajstić information content (AvgIpc) is 3.19. The molecule has 3 aromatic carbocycles. The molecule has 33 heavy (non-hydrogen) atoms. The van der Waals surface area contributed by atoms with E-state index >= 15 is 0 Å². The predicted octanol–water partition coefficient (Wildman–Crippen LogP) is 4.64. The van der Waals surface area contributed by atoms with Gasteiger partial charge in [0.2, 0.25) is 0 Å². The van der Waals surface area contributed by atoms with Gasteiger partial charge in [0.25, 0.3) is 5.56 Å². The fourth-order valence-corrected chi connectivity index (χ4v) is 4.22. The molecule has 0 saturated carbocycles. The summed E-state index contributed by atoms with van der Waals surface area (Å²) in [6, 6.07) is 20.5. The van der Waals surface area contributed by atoms with E-state index in [0.29, 0.717) is 33.9 Å². The molecule has 0 amide bonds. The van der Waals surface area contributed by atoms with Gasteiger partial charge >= 0.3 is 0 Å². The molecule has 0 atom stereocenters. The van der Waals surface area contributed by atoms with Crippen LogP contribution in [0.2, 0.25) is 5.02 Å². The standard InChI is InChI=1S/C25H21ClN4O3/c1-32-16-9-7-15(8-10-16)14-29-20-6-4-3-5-18(20)23-22(25(29)31)24(27)30(28-23)21-13-17(33-2)11-12-19(21)26/h3-13H,14,27H2,1-2H3. The van der Waals surface area contributed by atoms with Crippen molar-refractivity contribution in [3.05, 3.63) is 87.7 Å². The van der Waals surface area contributed by atoms with E-state index in [4.69, 9.17) is 31.9 Å². The van der Waals surface area contributed by atoms with Gasteiger partial charge in [0.05, 0.1) is 37.0 Å². The van der Waals surface area contributed by atoms with Gasteiger partial charge in [0.1, 0.15) is 28.2 Å². The molecule has 0 unspecified atom stereocenters. The number of para-hydroxylation sites is 1. The van der Waals surface area contributed by atoms with E-state index in [1.54, 1.807) is 37.0 Å². The van der Waals surface area contributed by atoms with Crippen LogP contribution in [-0.4, -0.2) is 28.6 Å². The van der Waals surface area contributed by atoms with E-state index in [0.717, 1.165) is 22.2 Å². The number of hydrogen-bond donors (Lipinski definition) is 1. The number of benzene rings is 3. The van der Waals surface area contributed by atoms with Crippen molar-refractivity contribution in [2.75, 3.05) is 20.0 Å². The number of rotatable bonds is 5. The average molecular weight is 461 g/mol. The zero-order valence-electron chi connectivity index (χ0n) is 18.1. The molecular formula is C25H21ClN4O3. The highest BCUT2D eigenvalue weighted by Gasteiger charge is 2.21. The summed E-state index contributed by atoms with van der Waals surface area (Å²) < 4.78 is 13.8. The van der Waals surface area contributed by atoms with Gasteiger partial charge in [0, 0.05) is 11.5 Å². The van der Waals surface area contributed by atoms with Crippen LogP contribution in [0, 0.1) is 0 Å². The maximum absolute atomic E-state index is 13.7. The number of hydrogen-bond acceptors (Lipinski definition) is 5. The molecule has 7 nitrogen and oxygen atoms in total. The lowest BCUT2D eigenvalue weighted by Gasteiger charge is -2.11. The molecule has 5 aromatic rings. The molecule has 0 radical (unpaired) electrons. The lowest BCUT2D eigenvalue weighted by molar-refractivity contribution is 0.414. The van der Waals surface area contributed by atoms with Gasteiger partial charge in [-0.2, -0.15) is 5.10 Å². The smallest absolute Gasteiger partial charge is 0.264 e. The Hall–Kier alpha value is -3.97. The van der Waals surface area contributed by atoms with Crippen LogP contribution >= 0.6 is 11.6 Å². The van der Waals surface area contributed by atoms with Crippen LogP contribution in [0.1, 0.15) is 5.56 Å². The Morgan fingerprint density at radius 1 is 0.970 bits per heavy atom. The molecule has 166 valence electrons. The van der Waals surface area contributed by atoms with Gasteiger partial charge < -0.3 is 19.8 Å². The molecule has 0 aliphatic carbocycles. The van der Waals surface area contributed by atoms with Gasteiger partial charge in [0.15, 0.2) is 0 Å². The highest BCUT2D eigenvalue weighted by atomic mass is 35.5. The number of aromatic nitrogens is 3. The SMILES string of the molecule is COc1ccc(Cn2c(=O)c3c(N)n(-c4cc(OC)ccc4Cl)nc3c3ccccc32)cc1. The third kappa shape index (κ3) is 3.47. The molecule has 5 rings (SSSR count). The molecular weight excluding hydrogens is 440 g/mol. The minimum Gasteiger partial charge on any atom is -0.497 e. The third-order valence-corrected chi connectivity index (χ3v) is 6.03. The second-order valence-corrected chi connectivity index (χ2v) is 8.00. The summed E-state index contributed by atoms with van der Waals surface area (Å²) >= 11 is 6.44. The normalized spacial score (nSPS) is 11.2. The summed E-state index contributed by atoms with van der Waals surface area (Å²) in [5.41, 5.74) is 9.07. The second-order valence-electron chi connectivity index (χ2n) is 7.59. The molecule has 0 fully saturated rings. The molecule has 0 saturated heterocycles. The number of fused-ring (bicyclic) bond motifs is 3. The van der Waals surface area contributed by atoms with Gasteiger partial charge in [-0.3, -0.25) is 4.79 Å². The number of nitrogens with two attached hydrogens (primary N) is 1. The highest BCUT2D eigenvalue weighted by Crippen LogP contribution is 2.32. The van der Waals surface area contributed by atoms with Gasteiger partial charge in [-0.1, -0.05) is 41.9 Å². The van der Waals surface area contributed by atoms with E-state index in [-0.39, 0.29) is 11.4 Å². The maximum atomic E-state index is 13.7. The first kappa shape index (κ1) is 20.9. The van der Waals surface area contributed by atoms with Crippen molar-refractivity contribution in [2.24, 2.45) is 0 Å². The fraction of sp³-hybridized carbons (Fsp3) is 0.120. The molecule has 0 aliphatic heterocycles. The molecule has 0 aliphatic rings. The molecule has 2 heterocycles. The van der Waals surface area contributed by atoms with Crippen LogP contribution in [0.3, 0.4) is 0 Å². The Morgan fingerprint density at radius 3 is 2.39 bits per heavy atom. The summed E-state index contributed by atoms with van der Waals surface area (Å²) in [7, 11) is 3.19. The molecule has 0 bridgehead atoms. The summed E-state index contributed by atoms with van der Waals surface area (Å²) in [6.07, 6.45) is 0. The highest BCUT2D eigenvalue weighted by molar-refractivity contribution is 6.32. The molecule has 2 aromatic heterocycles. The number of methoxy groups -OCH3 is 2. The van der Waals surface area contributed by atoms with Gasteiger partial charge in [-0.15, -0.1) is 0 Å². The van der Waals surface area contributed by atoms with Crippen LogP contribution in [0.4, 0.5) is 5.82 Å². The number of anilines is 1. The van der Waals surface area contributed by atoms with Gasteiger partial charge in [-0.25, -0.2) is 4.68 Å². The monoisotopic (exact) mass is 460 g/mol. The number of halogens is 1. The van der Waals surface area contributed by atoms with E-state index in [2.05, 4.69) is 0 Å². The topological polar surface area (TPSA) is 84.3 Å². The van der Waals surface area contributed by atoms with E-state index in [9.17, 15) is 4.79 Å². The van der Waals surface area contributed by atoms with Crippen LogP contribution in [0.15, 0.2) is 71.5 Å². The number of ether oxygens (including phenoxy) is 2. The lowest BCUT2D eigenvalue weighted by Crippen LogP contribution is -2.22. The Balaban J connectivity index is 1.77. The van der Waals surface area contributed by atoms with Crippen molar-refractivity contribution in [3.8, 4) is 17.2 Å². The van der Waals surface area contributed by atoms with Crippen LogP contribution < -0.4 is 20.8 Å². The molecule has 2 N–H and O–H groups in total. The van der Waals surface area contributed by atoms with Gasteiger partial charge in [-0.05, 0) is 35.9 Å². The number of nitrogens with zero attached hydrogens (tertiary/aromatic N) is 3. The second kappa shape index (κ2) is 8.18. The van der Waals surface area contributed by atoms with Crippen molar-refractivity contribution in [1.82, 2.24) is 14.3 Å². The Bertz CT molecular complexity index is 1550. The predicted molar refractivity (Wildman–Crippen MR) is 131 cm³/mol. The first-order valence-electron chi connectivity index (χ1n) is 10.3. The minimum absolute atomic E-state index is 0.220. The lowest BCUT2D eigenvalue weighted by atomic mass is 10.1. The number of pyridine rings is 1. The van der Waals surface area contributed by atoms with Crippen molar-refractivity contribution >= 4 is 39.2 Å². The zero-order valence-corrected chi connectivity index (χ0v) is 18.8. The van der Waals surface area contributed by atoms with Crippen LogP contribution in [-0.2, 0) is 6.54 Å². The van der Waals surface area contributed by atoms with Crippen molar-refractivity contribution in [3.63, 3.8) is 0 Å². The Morgan fingerprint density at radius 2 is 1.67 bits per heavy atom. The summed E-state index contributed by atoms with van der Waals surface area (Å²) in [4.78, 5) is 13.7. The summed E-state index contributed by atoms with van der Waals surface area (Å²) in [5, 5.41) is 6.32. The minimum atomic E-state index is -0.220. The fourth-order valence-electron chi connectivity index (χ4n) is 4.02. The van der Waals surface area contributed by atoms with E-state index in [1.807, 2.05) is 48.5 Å². The molecule has 0 spiro atoms. The van der Waals surface area contributed by atoms with Crippen molar-refractivity contribution in [2.45, 2.75) is 6.54 Å². The van der Waals surface area contributed by atoms with E-state index in [1.165, 1.54) is 4.68 Å². The zero-order chi connectivity index (χ0) is 23.1.